The van der Waals surface area contributed by atoms with Gasteiger partial charge in [-0.1, -0.05) is 378 Å². The number of ether oxygens (including phenoxy) is 1. The average molecular weight is 1210 g/mol. The summed E-state index contributed by atoms with van der Waals surface area (Å²) in [5, 5.41) is 23.5. The molecule has 0 aromatic rings. The van der Waals surface area contributed by atoms with Crippen LogP contribution in [0, 0.1) is 0 Å². The van der Waals surface area contributed by atoms with Crippen molar-refractivity contribution in [2.75, 3.05) is 13.2 Å². The quantitative estimate of drug-likeness (QED) is 0.0320. The summed E-state index contributed by atoms with van der Waals surface area (Å²) in [5.41, 5.74) is 0. The van der Waals surface area contributed by atoms with Crippen LogP contribution in [0.1, 0.15) is 438 Å². The van der Waals surface area contributed by atoms with Gasteiger partial charge in [0.1, 0.15) is 0 Å². The molecule has 1 amide bonds. The molecule has 0 radical (unpaired) electrons. The third-order valence-corrected chi connectivity index (χ3v) is 18.4. The largest absolute Gasteiger partial charge is 0.466 e. The van der Waals surface area contributed by atoms with Crippen LogP contribution >= 0.6 is 0 Å². The van der Waals surface area contributed by atoms with E-state index in [-0.39, 0.29) is 18.5 Å². The zero-order valence-electron chi connectivity index (χ0n) is 58.3. The molecule has 0 bridgehead atoms. The van der Waals surface area contributed by atoms with Gasteiger partial charge in [0.25, 0.3) is 0 Å². The van der Waals surface area contributed by atoms with Crippen molar-refractivity contribution < 1.29 is 24.5 Å². The Balaban J connectivity index is 3.38. The first-order chi connectivity index (χ1) is 42.5. The van der Waals surface area contributed by atoms with Gasteiger partial charge in [0.05, 0.1) is 25.4 Å². The van der Waals surface area contributed by atoms with Gasteiger partial charge in [-0.05, 0) is 83.5 Å². The van der Waals surface area contributed by atoms with Crippen LogP contribution in [0.4, 0.5) is 0 Å². The number of carbonyl (C=O) groups is 2. The third kappa shape index (κ3) is 71.2. The van der Waals surface area contributed by atoms with Crippen molar-refractivity contribution in [1.29, 1.82) is 0 Å². The number of amides is 1. The van der Waals surface area contributed by atoms with E-state index in [4.69, 9.17) is 4.74 Å². The summed E-state index contributed by atoms with van der Waals surface area (Å²) < 4.78 is 5.49. The SMILES string of the molecule is CCCCCCC/C=C\CCCCCCCC(=O)OCCCCCCCCCCC/C=C\C/C=C\CCCCCCCCCCCCCCCCCCCC(=O)NC(CO)C(O)CCCCCCCCCCCCCCCCCCCCCCCC. The molecule has 0 heterocycles. The van der Waals surface area contributed by atoms with Gasteiger partial charge < -0.3 is 20.3 Å². The number of aliphatic hydroxyl groups excluding tert-OH is 2. The van der Waals surface area contributed by atoms with Crippen LogP contribution in [0.15, 0.2) is 36.5 Å². The summed E-state index contributed by atoms with van der Waals surface area (Å²) in [7, 11) is 0. The number of nitrogens with one attached hydrogen (secondary N) is 1. The van der Waals surface area contributed by atoms with Crippen LogP contribution in [0.25, 0.3) is 0 Å². The predicted molar refractivity (Wildman–Crippen MR) is 379 cm³/mol. The molecule has 0 aliphatic rings. The molecule has 0 aromatic heterocycles. The van der Waals surface area contributed by atoms with Gasteiger partial charge >= 0.3 is 5.97 Å². The summed E-state index contributed by atoms with van der Waals surface area (Å²) in [6.45, 7) is 4.98. The number of unbranched alkanes of at least 4 members (excludes halogenated alkanes) is 57. The monoisotopic (exact) mass is 1210 g/mol. The van der Waals surface area contributed by atoms with E-state index in [2.05, 4.69) is 55.6 Å². The molecule has 0 fully saturated rings. The minimum atomic E-state index is -0.665. The minimum absolute atomic E-state index is 0.00629. The molecule has 0 aliphatic heterocycles. The molecule has 0 saturated carbocycles. The normalized spacial score (nSPS) is 12.7. The molecular weight excluding hydrogens is 1050 g/mol. The van der Waals surface area contributed by atoms with Crippen LogP contribution < -0.4 is 5.32 Å². The average Bonchev–Trinajstić information content (AvgIpc) is 3.56. The highest BCUT2D eigenvalue weighted by Crippen LogP contribution is 2.20. The summed E-state index contributed by atoms with van der Waals surface area (Å²) in [4.78, 5) is 24.6. The molecule has 3 N–H and O–H groups in total. The predicted octanol–water partition coefficient (Wildman–Crippen LogP) is 25.8. The summed E-state index contributed by atoms with van der Waals surface area (Å²) in [5.74, 6) is -0.0218. The maximum atomic E-state index is 12.6. The highest BCUT2D eigenvalue weighted by atomic mass is 16.5. The second-order valence-electron chi connectivity index (χ2n) is 27.0. The Kier molecular flexibility index (Phi) is 73.9. The Labute approximate surface area is 538 Å². The van der Waals surface area contributed by atoms with Crippen molar-refractivity contribution in [3.05, 3.63) is 36.5 Å². The fourth-order valence-electron chi connectivity index (χ4n) is 12.4. The van der Waals surface area contributed by atoms with Gasteiger partial charge in [0.2, 0.25) is 5.91 Å². The minimum Gasteiger partial charge on any atom is -0.466 e. The lowest BCUT2D eigenvalue weighted by Crippen LogP contribution is -2.45. The number of aliphatic hydroxyl groups is 2. The van der Waals surface area contributed by atoms with Crippen molar-refractivity contribution in [3.8, 4) is 0 Å². The van der Waals surface area contributed by atoms with Crippen LogP contribution in [-0.4, -0.2) is 47.4 Å². The Morgan fingerprint density at radius 3 is 0.895 bits per heavy atom. The van der Waals surface area contributed by atoms with Crippen LogP contribution in [0.5, 0.6) is 0 Å². The molecule has 2 unspecified atom stereocenters. The standard InChI is InChI=1S/C80H153NO5/c1-3-5-7-9-11-13-15-17-19-20-21-22-36-39-42-45-48-52-56-60-64-68-72-78(83)77(76-82)81-79(84)73-69-65-61-57-53-49-46-43-40-37-34-32-30-28-26-24-23-25-27-29-31-33-35-38-41-44-47-51-55-59-63-67-71-75-86-80(85)74-70-66-62-58-54-50-18-16-14-12-10-8-6-4-2/h16,18,27,29,33,35,77-78,82-83H,3-15,17,19-26,28,30-32,34,36-76H2,1-2H3,(H,81,84)/b18-16-,29-27-,35-33-. The van der Waals surface area contributed by atoms with E-state index in [0.717, 1.165) is 51.4 Å². The summed E-state index contributed by atoms with van der Waals surface area (Å²) in [6.07, 6.45) is 98.0. The highest BCUT2D eigenvalue weighted by molar-refractivity contribution is 5.76. The number of allylic oxidation sites excluding steroid dienone is 6. The smallest absolute Gasteiger partial charge is 0.305 e. The first-order valence-electron chi connectivity index (χ1n) is 39.2. The molecule has 508 valence electrons. The summed E-state index contributed by atoms with van der Waals surface area (Å²) >= 11 is 0. The lowest BCUT2D eigenvalue weighted by atomic mass is 10.0. The maximum Gasteiger partial charge on any atom is 0.305 e. The summed E-state index contributed by atoms with van der Waals surface area (Å²) in [6, 6.07) is -0.541. The number of carbonyl (C=O) groups excluding carboxylic acids is 2. The molecule has 0 aliphatic carbocycles. The molecule has 0 spiro atoms. The Bertz CT molecular complexity index is 1390. The second-order valence-corrected chi connectivity index (χ2v) is 27.0. The first-order valence-corrected chi connectivity index (χ1v) is 39.2. The van der Waals surface area contributed by atoms with E-state index >= 15 is 0 Å². The van der Waals surface area contributed by atoms with Crippen LogP contribution in [0.3, 0.4) is 0 Å². The van der Waals surface area contributed by atoms with Gasteiger partial charge in [-0.2, -0.15) is 0 Å². The van der Waals surface area contributed by atoms with E-state index in [9.17, 15) is 19.8 Å². The van der Waals surface area contributed by atoms with Gasteiger partial charge in [0, 0.05) is 12.8 Å². The molecule has 6 nitrogen and oxygen atoms in total. The lowest BCUT2D eigenvalue weighted by molar-refractivity contribution is -0.143. The van der Waals surface area contributed by atoms with E-state index in [0.29, 0.717) is 25.9 Å². The number of hydrogen-bond acceptors (Lipinski definition) is 5. The Morgan fingerprint density at radius 2 is 0.581 bits per heavy atom. The zero-order valence-corrected chi connectivity index (χ0v) is 58.3. The Hall–Kier alpha value is -1.92. The van der Waals surface area contributed by atoms with Crippen molar-refractivity contribution in [3.63, 3.8) is 0 Å². The van der Waals surface area contributed by atoms with E-state index < -0.39 is 12.1 Å². The van der Waals surface area contributed by atoms with Gasteiger partial charge in [-0.3, -0.25) is 9.59 Å². The van der Waals surface area contributed by atoms with Crippen molar-refractivity contribution in [1.82, 2.24) is 5.32 Å². The molecule has 0 rings (SSSR count). The number of rotatable bonds is 74. The highest BCUT2D eigenvalue weighted by Gasteiger charge is 2.20. The van der Waals surface area contributed by atoms with Crippen molar-refractivity contribution in [2.24, 2.45) is 0 Å². The fraction of sp³-hybridized carbons (Fsp3) is 0.900. The second kappa shape index (κ2) is 75.5. The maximum absolute atomic E-state index is 12.6. The first kappa shape index (κ1) is 84.1. The van der Waals surface area contributed by atoms with Crippen molar-refractivity contribution >= 4 is 11.9 Å². The third-order valence-electron chi connectivity index (χ3n) is 18.4. The molecule has 2 atom stereocenters. The molecule has 0 aromatic carbocycles. The fourth-order valence-corrected chi connectivity index (χ4v) is 12.4. The lowest BCUT2D eigenvalue weighted by Gasteiger charge is -2.22. The van der Waals surface area contributed by atoms with Crippen LogP contribution in [0.2, 0.25) is 0 Å². The topological polar surface area (TPSA) is 95.9 Å². The molecule has 86 heavy (non-hydrogen) atoms. The van der Waals surface area contributed by atoms with E-state index in [1.54, 1.807) is 0 Å². The molecule has 6 heteroatoms. The van der Waals surface area contributed by atoms with Gasteiger partial charge in [-0.25, -0.2) is 0 Å². The van der Waals surface area contributed by atoms with Crippen molar-refractivity contribution in [2.45, 2.75) is 450 Å². The zero-order chi connectivity index (χ0) is 62.0. The van der Waals surface area contributed by atoms with E-state index in [1.165, 1.54) is 353 Å². The Morgan fingerprint density at radius 1 is 0.326 bits per heavy atom. The number of esters is 1. The molecule has 0 saturated heterocycles. The van der Waals surface area contributed by atoms with Gasteiger partial charge in [0.15, 0.2) is 0 Å². The number of hydrogen-bond donors (Lipinski definition) is 3. The van der Waals surface area contributed by atoms with Crippen LogP contribution in [-0.2, 0) is 14.3 Å². The molecular formula is C80H153NO5. The van der Waals surface area contributed by atoms with E-state index in [1.807, 2.05) is 0 Å². The van der Waals surface area contributed by atoms with Gasteiger partial charge in [-0.15, -0.1) is 0 Å².